The molecule has 5 nitrogen and oxygen atoms in total. The average molecular weight is 304 g/mol. The number of nitrogens with one attached hydrogen (secondary N) is 1. The van der Waals surface area contributed by atoms with Gasteiger partial charge in [-0.15, -0.1) is 0 Å². The van der Waals surface area contributed by atoms with Gasteiger partial charge >= 0.3 is 0 Å². The van der Waals surface area contributed by atoms with Crippen LogP contribution in [0.15, 0.2) is 24.3 Å². The summed E-state index contributed by atoms with van der Waals surface area (Å²) in [5, 5.41) is 3.40. The molecule has 1 aromatic rings. The summed E-state index contributed by atoms with van der Waals surface area (Å²) in [5.41, 5.74) is 0.867. The molecule has 2 rings (SSSR count). The van der Waals surface area contributed by atoms with E-state index in [0.29, 0.717) is 18.0 Å². The lowest BCUT2D eigenvalue weighted by molar-refractivity contribution is -0.127. The highest BCUT2D eigenvalue weighted by molar-refractivity contribution is 5.92. The maximum Gasteiger partial charge on any atom is 0.246 e. The fourth-order valence-electron chi connectivity index (χ4n) is 2.56. The molecule has 0 aliphatic carbocycles. The molecule has 1 saturated heterocycles. The fraction of sp³-hybridized carbons (Fsp3) is 0.471. The van der Waals surface area contributed by atoms with Crippen molar-refractivity contribution < 1.29 is 14.3 Å². The molecular formula is C17H24N2O3. The van der Waals surface area contributed by atoms with Gasteiger partial charge in [0.1, 0.15) is 0 Å². The van der Waals surface area contributed by atoms with Crippen molar-refractivity contribution in [2.24, 2.45) is 0 Å². The highest BCUT2D eigenvalue weighted by Crippen LogP contribution is 2.28. The van der Waals surface area contributed by atoms with Crippen LogP contribution < -0.4 is 14.8 Å². The van der Waals surface area contributed by atoms with Crippen LogP contribution in [0.5, 0.6) is 11.5 Å². The summed E-state index contributed by atoms with van der Waals surface area (Å²) in [7, 11) is 3.20. The smallest absolute Gasteiger partial charge is 0.246 e. The number of hydrogen-bond donors (Lipinski definition) is 1. The zero-order chi connectivity index (χ0) is 16.2. The minimum absolute atomic E-state index is 0.0318. The topological polar surface area (TPSA) is 50.8 Å². The maximum atomic E-state index is 12.3. The van der Waals surface area contributed by atoms with Crippen molar-refractivity contribution in [3.05, 3.63) is 29.8 Å². The summed E-state index contributed by atoms with van der Waals surface area (Å²) < 4.78 is 10.5. The van der Waals surface area contributed by atoms with Gasteiger partial charge in [-0.25, -0.2) is 0 Å². The molecule has 0 aromatic heterocycles. The lowest BCUT2D eigenvalue weighted by atomic mass is 10.0. The van der Waals surface area contributed by atoms with Gasteiger partial charge in [-0.3, -0.25) is 4.79 Å². The first kappa shape index (κ1) is 16.4. The van der Waals surface area contributed by atoms with E-state index in [2.05, 4.69) is 19.2 Å². The monoisotopic (exact) mass is 304 g/mol. The quantitative estimate of drug-likeness (QED) is 0.864. The summed E-state index contributed by atoms with van der Waals surface area (Å²) in [6, 6.07) is 5.58. The number of hydrogen-bond acceptors (Lipinski definition) is 4. The van der Waals surface area contributed by atoms with Crippen LogP contribution >= 0.6 is 0 Å². The number of methoxy groups -OCH3 is 2. The molecule has 0 unspecified atom stereocenters. The molecule has 1 amide bonds. The first-order valence-corrected chi connectivity index (χ1v) is 7.39. The molecule has 0 atom stereocenters. The number of benzene rings is 1. The average Bonchev–Trinajstić information content (AvgIpc) is 2.51. The molecule has 0 radical (unpaired) electrons. The van der Waals surface area contributed by atoms with E-state index in [1.807, 2.05) is 23.1 Å². The van der Waals surface area contributed by atoms with Crippen LogP contribution in [-0.4, -0.2) is 50.2 Å². The lowest BCUT2D eigenvalue weighted by Gasteiger charge is -2.38. The van der Waals surface area contributed by atoms with Crippen LogP contribution in [-0.2, 0) is 4.79 Å². The van der Waals surface area contributed by atoms with Crippen molar-refractivity contribution in [3.8, 4) is 11.5 Å². The SMILES string of the molecule is COc1ccc(C=CC(=O)N2CCNC(C)(C)C2)cc1OC. The number of amides is 1. The predicted molar refractivity (Wildman–Crippen MR) is 87.2 cm³/mol. The van der Waals surface area contributed by atoms with E-state index in [9.17, 15) is 4.79 Å². The van der Waals surface area contributed by atoms with Crippen molar-refractivity contribution >= 4 is 12.0 Å². The number of piperazine rings is 1. The number of carbonyl (C=O) groups excluding carboxylic acids is 1. The van der Waals surface area contributed by atoms with Crippen molar-refractivity contribution in [3.63, 3.8) is 0 Å². The lowest BCUT2D eigenvalue weighted by Crippen LogP contribution is -2.58. The summed E-state index contributed by atoms with van der Waals surface area (Å²) in [5.74, 6) is 1.36. The largest absolute Gasteiger partial charge is 0.493 e. The van der Waals surface area contributed by atoms with Gasteiger partial charge in [0, 0.05) is 31.2 Å². The molecule has 1 aliphatic rings. The standard InChI is InChI=1S/C17H24N2O3/c1-17(2)12-19(10-9-18-17)16(20)8-6-13-5-7-14(21-3)15(11-13)22-4/h5-8,11,18H,9-10,12H2,1-4H3. The zero-order valence-corrected chi connectivity index (χ0v) is 13.7. The third kappa shape index (κ3) is 4.01. The number of nitrogens with zero attached hydrogens (tertiary/aromatic N) is 1. The number of ether oxygens (including phenoxy) is 2. The van der Waals surface area contributed by atoms with Gasteiger partial charge in [0.15, 0.2) is 11.5 Å². The Morgan fingerprint density at radius 1 is 1.27 bits per heavy atom. The first-order valence-electron chi connectivity index (χ1n) is 7.39. The Labute approximate surface area is 131 Å². The molecule has 0 saturated carbocycles. The molecule has 5 heteroatoms. The summed E-state index contributed by atoms with van der Waals surface area (Å²) in [6.07, 6.45) is 3.42. The minimum Gasteiger partial charge on any atom is -0.493 e. The molecule has 1 fully saturated rings. The van der Waals surface area contributed by atoms with E-state index in [0.717, 1.165) is 18.7 Å². The van der Waals surface area contributed by atoms with Gasteiger partial charge in [-0.05, 0) is 37.6 Å². The van der Waals surface area contributed by atoms with Crippen LogP contribution in [0.2, 0.25) is 0 Å². The van der Waals surface area contributed by atoms with Crippen LogP contribution in [0.25, 0.3) is 6.08 Å². The minimum atomic E-state index is -0.0366. The normalized spacial score (nSPS) is 17.5. The second-order valence-corrected chi connectivity index (χ2v) is 6.02. The second kappa shape index (κ2) is 6.83. The summed E-state index contributed by atoms with van der Waals surface area (Å²) in [4.78, 5) is 14.2. The van der Waals surface area contributed by atoms with Gasteiger partial charge in [-0.2, -0.15) is 0 Å². The number of rotatable bonds is 4. The third-order valence-corrected chi connectivity index (χ3v) is 3.71. The van der Waals surface area contributed by atoms with Crippen molar-refractivity contribution in [2.75, 3.05) is 33.9 Å². The van der Waals surface area contributed by atoms with E-state index in [4.69, 9.17) is 9.47 Å². The Kier molecular flexibility index (Phi) is 5.08. The third-order valence-electron chi connectivity index (χ3n) is 3.71. The van der Waals surface area contributed by atoms with Crippen LogP contribution in [0.1, 0.15) is 19.4 Å². The molecular weight excluding hydrogens is 280 g/mol. The van der Waals surface area contributed by atoms with Crippen LogP contribution in [0, 0.1) is 0 Å². The van der Waals surface area contributed by atoms with E-state index >= 15 is 0 Å². The second-order valence-electron chi connectivity index (χ2n) is 6.02. The molecule has 1 N–H and O–H groups in total. The number of carbonyl (C=O) groups is 1. The van der Waals surface area contributed by atoms with Gasteiger partial charge in [0.05, 0.1) is 14.2 Å². The van der Waals surface area contributed by atoms with Gasteiger partial charge in [-0.1, -0.05) is 6.07 Å². The Morgan fingerprint density at radius 2 is 2.00 bits per heavy atom. The molecule has 22 heavy (non-hydrogen) atoms. The highest BCUT2D eigenvalue weighted by atomic mass is 16.5. The summed E-state index contributed by atoms with van der Waals surface area (Å²) in [6.45, 7) is 6.47. The summed E-state index contributed by atoms with van der Waals surface area (Å²) >= 11 is 0. The van der Waals surface area contributed by atoms with Crippen molar-refractivity contribution in [1.82, 2.24) is 10.2 Å². The molecule has 0 bridgehead atoms. The molecule has 1 aliphatic heterocycles. The fourth-order valence-corrected chi connectivity index (χ4v) is 2.56. The van der Waals surface area contributed by atoms with Crippen LogP contribution in [0.3, 0.4) is 0 Å². The van der Waals surface area contributed by atoms with Crippen molar-refractivity contribution in [1.29, 1.82) is 0 Å². The van der Waals surface area contributed by atoms with Crippen LogP contribution in [0.4, 0.5) is 0 Å². The Balaban J connectivity index is 2.06. The first-order chi connectivity index (χ1) is 10.4. The zero-order valence-electron chi connectivity index (χ0n) is 13.7. The molecule has 0 spiro atoms. The maximum absolute atomic E-state index is 12.3. The van der Waals surface area contributed by atoms with E-state index < -0.39 is 0 Å². The predicted octanol–water partition coefficient (Wildman–Crippen LogP) is 1.93. The van der Waals surface area contributed by atoms with E-state index in [-0.39, 0.29) is 11.4 Å². The molecule has 1 heterocycles. The highest BCUT2D eigenvalue weighted by Gasteiger charge is 2.27. The Hall–Kier alpha value is -2.01. The Bertz CT molecular complexity index is 567. The molecule has 1 aromatic carbocycles. The van der Waals surface area contributed by atoms with Gasteiger partial charge in [0.2, 0.25) is 5.91 Å². The van der Waals surface area contributed by atoms with Gasteiger partial charge in [0.25, 0.3) is 0 Å². The Morgan fingerprint density at radius 3 is 2.64 bits per heavy atom. The molecule has 120 valence electrons. The van der Waals surface area contributed by atoms with E-state index in [1.165, 1.54) is 0 Å². The van der Waals surface area contributed by atoms with Gasteiger partial charge < -0.3 is 19.7 Å². The van der Waals surface area contributed by atoms with E-state index in [1.54, 1.807) is 26.4 Å². The van der Waals surface area contributed by atoms with Crippen molar-refractivity contribution in [2.45, 2.75) is 19.4 Å².